The topological polar surface area (TPSA) is 38.0 Å². The Morgan fingerprint density at radius 2 is 1.79 bits per heavy atom. The first-order valence-corrected chi connectivity index (χ1v) is 6.94. The molecular formula is C14H14F2N2S. The van der Waals surface area contributed by atoms with Gasteiger partial charge in [0.15, 0.2) is 11.6 Å². The van der Waals surface area contributed by atoms with E-state index in [1.807, 2.05) is 30.5 Å². The molecule has 0 fully saturated rings. The summed E-state index contributed by atoms with van der Waals surface area (Å²) < 4.78 is 27.1. The number of hydrazine groups is 1. The van der Waals surface area contributed by atoms with Gasteiger partial charge in [-0.15, -0.1) is 11.8 Å². The minimum atomic E-state index is -0.876. The number of nitrogens with two attached hydrogens (primary N) is 1. The molecule has 0 heterocycles. The van der Waals surface area contributed by atoms with Crippen LogP contribution in [0.25, 0.3) is 0 Å². The summed E-state index contributed by atoms with van der Waals surface area (Å²) in [6.07, 6.45) is 1.97. The molecule has 1 atom stereocenters. The maximum Gasteiger partial charge on any atom is 0.163 e. The summed E-state index contributed by atoms with van der Waals surface area (Å²) in [5.41, 5.74) is 3.50. The van der Waals surface area contributed by atoms with Gasteiger partial charge in [-0.2, -0.15) is 0 Å². The molecule has 0 radical (unpaired) electrons. The van der Waals surface area contributed by atoms with Crippen LogP contribution in [0.15, 0.2) is 47.4 Å². The number of rotatable bonds is 4. The van der Waals surface area contributed by atoms with Gasteiger partial charge in [0.2, 0.25) is 0 Å². The summed E-state index contributed by atoms with van der Waals surface area (Å²) in [4.78, 5) is 1.10. The maximum absolute atomic E-state index is 13.8. The molecule has 2 nitrogen and oxygen atoms in total. The standard InChI is InChI=1S/C14H14F2N2S/c1-19-10-7-5-9(6-8-10)14(18-17)11-3-2-4-12(15)13(11)16/h2-8,14,18H,17H2,1H3. The van der Waals surface area contributed by atoms with E-state index >= 15 is 0 Å². The Morgan fingerprint density at radius 3 is 2.37 bits per heavy atom. The predicted octanol–water partition coefficient (Wildman–Crippen LogP) is 3.24. The lowest BCUT2D eigenvalue weighted by atomic mass is 9.99. The van der Waals surface area contributed by atoms with Crippen LogP contribution in [0.2, 0.25) is 0 Å². The zero-order valence-corrected chi connectivity index (χ0v) is 11.2. The third-order valence-electron chi connectivity index (χ3n) is 2.91. The molecule has 2 aromatic carbocycles. The highest BCUT2D eigenvalue weighted by molar-refractivity contribution is 7.98. The number of nitrogens with one attached hydrogen (secondary N) is 1. The van der Waals surface area contributed by atoms with Crippen LogP contribution < -0.4 is 11.3 Å². The van der Waals surface area contributed by atoms with Gasteiger partial charge in [-0.3, -0.25) is 5.84 Å². The van der Waals surface area contributed by atoms with E-state index in [4.69, 9.17) is 5.84 Å². The lowest BCUT2D eigenvalue weighted by Crippen LogP contribution is -2.29. The quantitative estimate of drug-likeness (QED) is 0.513. The van der Waals surface area contributed by atoms with Crippen LogP contribution in [0.5, 0.6) is 0 Å². The molecule has 19 heavy (non-hydrogen) atoms. The number of hydrogen-bond donors (Lipinski definition) is 2. The molecule has 0 spiro atoms. The summed E-state index contributed by atoms with van der Waals surface area (Å²) in [7, 11) is 0. The molecule has 1 unspecified atom stereocenters. The second-order valence-corrected chi connectivity index (χ2v) is 4.90. The van der Waals surface area contributed by atoms with Gasteiger partial charge in [0, 0.05) is 10.5 Å². The van der Waals surface area contributed by atoms with Crippen molar-refractivity contribution < 1.29 is 8.78 Å². The molecule has 0 bridgehead atoms. The van der Waals surface area contributed by atoms with Gasteiger partial charge in [0.25, 0.3) is 0 Å². The Balaban J connectivity index is 2.40. The first-order chi connectivity index (χ1) is 9.17. The minimum Gasteiger partial charge on any atom is -0.271 e. The molecular weight excluding hydrogens is 266 g/mol. The summed E-state index contributed by atoms with van der Waals surface area (Å²) in [6, 6.07) is 11.0. The van der Waals surface area contributed by atoms with E-state index < -0.39 is 17.7 Å². The molecule has 3 N–H and O–H groups in total. The van der Waals surface area contributed by atoms with Gasteiger partial charge >= 0.3 is 0 Å². The molecule has 100 valence electrons. The molecule has 0 saturated carbocycles. The summed E-state index contributed by atoms with van der Waals surface area (Å²) in [5, 5.41) is 0. The van der Waals surface area contributed by atoms with Crippen molar-refractivity contribution in [2.45, 2.75) is 10.9 Å². The summed E-state index contributed by atoms with van der Waals surface area (Å²) >= 11 is 1.61. The van der Waals surface area contributed by atoms with Crippen LogP contribution in [0.4, 0.5) is 8.78 Å². The van der Waals surface area contributed by atoms with Crippen LogP contribution in [-0.2, 0) is 0 Å². The molecule has 0 aliphatic heterocycles. The lowest BCUT2D eigenvalue weighted by molar-refractivity contribution is 0.483. The predicted molar refractivity (Wildman–Crippen MR) is 73.7 cm³/mol. The molecule has 2 rings (SSSR count). The van der Waals surface area contributed by atoms with Gasteiger partial charge in [-0.1, -0.05) is 24.3 Å². The van der Waals surface area contributed by atoms with Crippen LogP contribution in [0.3, 0.4) is 0 Å². The molecule has 0 amide bonds. The summed E-state index contributed by atoms with van der Waals surface area (Å²) in [5.74, 6) is 3.73. The molecule has 2 aromatic rings. The normalized spacial score (nSPS) is 12.4. The maximum atomic E-state index is 13.8. The number of thioether (sulfide) groups is 1. The first kappa shape index (κ1) is 14.0. The second-order valence-electron chi connectivity index (χ2n) is 4.02. The van der Waals surface area contributed by atoms with Gasteiger partial charge in [0.05, 0.1) is 6.04 Å². The highest BCUT2D eigenvalue weighted by Gasteiger charge is 2.18. The lowest BCUT2D eigenvalue weighted by Gasteiger charge is -2.18. The fraction of sp³-hybridized carbons (Fsp3) is 0.143. The Morgan fingerprint density at radius 1 is 1.11 bits per heavy atom. The zero-order valence-electron chi connectivity index (χ0n) is 10.4. The Hall–Kier alpha value is -1.43. The van der Waals surface area contributed by atoms with E-state index in [1.54, 1.807) is 11.8 Å². The van der Waals surface area contributed by atoms with E-state index in [9.17, 15) is 8.78 Å². The van der Waals surface area contributed by atoms with E-state index in [-0.39, 0.29) is 5.56 Å². The SMILES string of the molecule is CSc1ccc(C(NN)c2cccc(F)c2F)cc1. The van der Waals surface area contributed by atoms with Gasteiger partial charge in [-0.25, -0.2) is 14.2 Å². The average Bonchev–Trinajstić information content (AvgIpc) is 2.45. The molecule has 0 aromatic heterocycles. The molecule has 0 saturated heterocycles. The fourth-order valence-electron chi connectivity index (χ4n) is 1.91. The zero-order chi connectivity index (χ0) is 13.8. The van der Waals surface area contributed by atoms with Gasteiger partial charge in [-0.05, 0) is 30.0 Å². The Labute approximate surface area is 115 Å². The van der Waals surface area contributed by atoms with Crippen molar-refractivity contribution in [2.24, 2.45) is 5.84 Å². The second kappa shape index (κ2) is 6.14. The van der Waals surface area contributed by atoms with Crippen LogP contribution in [0, 0.1) is 11.6 Å². The van der Waals surface area contributed by atoms with E-state index in [1.165, 1.54) is 12.1 Å². The number of halogens is 2. The Bertz CT molecular complexity index is 558. The monoisotopic (exact) mass is 280 g/mol. The van der Waals surface area contributed by atoms with Crippen molar-refractivity contribution in [3.05, 3.63) is 65.2 Å². The van der Waals surface area contributed by atoms with Crippen molar-refractivity contribution in [3.8, 4) is 0 Å². The van der Waals surface area contributed by atoms with E-state index in [0.717, 1.165) is 16.5 Å². The fourth-order valence-corrected chi connectivity index (χ4v) is 2.31. The van der Waals surface area contributed by atoms with Crippen LogP contribution in [-0.4, -0.2) is 6.26 Å². The first-order valence-electron chi connectivity index (χ1n) is 5.71. The highest BCUT2D eigenvalue weighted by Crippen LogP contribution is 2.26. The van der Waals surface area contributed by atoms with E-state index in [2.05, 4.69) is 5.43 Å². The van der Waals surface area contributed by atoms with Crippen molar-refractivity contribution >= 4 is 11.8 Å². The van der Waals surface area contributed by atoms with E-state index in [0.29, 0.717) is 0 Å². The third kappa shape index (κ3) is 2.94. The number of hydrogen-bond acceptors (Lipinski definition) is 3. The van der Waals surface area contributed by atoms with Crippen molar-refractivity contribution in [1.82, 2.24) is 5.43 Å². The van der Waals surface area contributed by atoms with Crippen molar-refractivity contribution in [1.29, 1.82) is 0 Å². The molecule has 0 aliphatic rings. The molecule has 5 heteroatoms. The largest absolute Gasteiger partial charge is 0.271 e. The van der Waals surface area contributed by atoms with Crippen LogP contribution >= 0.6 is 11.8 Å². The molecule has 0 aliphatic carbocycles. The van der Waals surface area contributed by atoms with Gasteiger partial charge < -0.3 is 0 Å². The number of benzene rings is 2. The van der Waals surface area contributed by atoms with Crippen molar-refractivity contribution in [3.63, 3.8) is 0 Å². The van der Waals surface area contributed by atoms with Crippen molar-refractivity contribution in [2.75, 3.05) is 6.26 Å². The third-order valence-corrected chi connectivity index (χ3v) is 3.65. The summed E-state index contributed by atoms with van der Waals surface area (Å²) in [6.45, 7) is 0. The Kier molecular flexibility index (Phi) is 4.52. The van der Waals surface area contributed by atoms with Crippen LogP contribution in [0.1, 0.15) is 17.2 Å². The minimum absolute atomic E-state index is 0.194. The average molecular weight is 280 g/mol. The van der Waals surface area contributed by atoms with Gasteiger partial charge in [0.1, 0.15) is 0 Å². The highest BCUT2D eigenvalue weighted by atomic mass is 32.2. The smallest absolute Gasteiger partial charge is 0.163 e.